The molecule has 4 heterocycles. The fourth-order valence-electron chi connectivity index (χ4n) is 4.34. The number of benzene rings is 1. The van der Waals surface area contributed by atoms with Gasteiger partial charge in [-0.3, -0.25) is 9.88 Å². The van der Waals surface area contributed by atoms with Crippen LogP contribution < -0.4 is 0 Å². The molecule has 1 aromatic carbocycles. The lowest BCUT2D eigenvalue weighted by Gasteiger charge is -2.24. The highest BCUT2D eigenvalue weighted by Gasteiger charge is 2.28. The molecule has 0 amide bonds. The first kappa shape index (κ1) is 17.1. The maximum absolute atomic E-state index is 5.32. The maximum atomic E-state index is 5.32. The van der Waals surface area contributed by atoms with Crippen LogP contribution >= 0.6 is 0 Å². The Kier molecular flexibility index (Phi) is 4.20. The summed E-state index contributed by atoms with van der Waals surface area (Å²) in [5.74, 6) is 0.783. The van der Waals surface area contributed by atoms with Crippen molar-refractivity contribution in [3.05, 3.63) is 65.6 Å². The van der Waals surface area contributed by atoms with E-state index in [4.69, 9.17) is 9.51 Å². The highest BCUT2D eigenvalue weighted by atomic mass is 16.5. The summed E-state index contributed by atoms with van der Waals surface area (Å²) in [7, 11) is 0. The second-order valence-corrected chi connectivity index (χ2v) is 7.52. The Morgan fingerprint density at radius 1 is 1.21 bits per heavy atom. The molecule has 1 N–H and O–H groups in total. The average molecular weight is 373 g/mol. The number of aromatic amines is 1. The third-order valence-electron chi connectivity index (χ3n) is 5.70. The minimum Gasteiger partial charge on any atom is -0.361 e. The van der Waals surface area contributed by atoms with E-state index in [9.17, 15) is 0 Å². The number of nitrogens with zero attached hydrogens (tertiary/aromatic N) is 4. The number of aromatic nitrogens is 4. The molecule has 0 aliphatic carbocycles. The predicted octanol–water partition coefficient (Wildman–Crippen LogP) is 4.57. The van der Waals surface area contributed by atoms with E-state index in [1.54, 1.807) is 6.20 Å². The van der Waals surface area contributed by atoms with Crippen LogP contribution in [0.1, 0.15) is 41.6 Å². The summed E-state index contributed by atoms with van der Waals surface area (Å²) in [4.78, 5) is 15.3. The SMILES string of the molecule is Cc1noc(C)c1-c1cncc([C@@H]2CCCN2Cc2c[nH]c3ccccc23)n1. The molecule has 6 heteroatoms. The van der Waals surface area contributed by atoms with Gasteiger partial charge in [0.15, 0.2) is 0 Å². The molecule has 0 radical (unpaired) electrons. The van der Waals surface area contributed by atoms with Gasteiger partial charge >= 0.3 is 0 Å². The van der Waals surface area contributed by atoms with Gasteiger partial charge in [0.1, 0.15) is 5.76 Å². The van der Waals surface area contributed by atoms with Gasteiger partial charge in [-0.25, -0.2) is 4.98 Å². The zero-order chi connectivity index (χ0) is 19.1. The largest absolute Gasteiger partial charge is 0.361 e. The van der Waals surface area contributed by atoms with Crippen LogP contribution in [0.4, 0.5) is 0 Å². The van der Waals surface area contributed by atoms with Crippen LogP contribution in [0.3, 0.4) is 0 Å². The van der Waals surface area contributed by atoms with E-state index in [2.05, 4.69) is 50.5 Å². The van der Waals surface area contributed by atoms with Crippen LogP contribution in [-0.4, -0.2) is 31.6 Å². The average Bonchev–Trinajstić information content (AvgIpc) is 3.42. The van der Waals surface area contributed by atoms with E-state index in [1.807, 2.05) is 20.0 Å². The molecule has 1 aliphatic heterocycles. The van der Waals surface area contributed by atoms with Gasteiger partial charge in [0.05, 0.1) is 41.1 Å². The first-order valence-corrected chi connectivity index (χ1v) is 9.75. The molecular formula is C22H23N5O. The van der Waals surface area contributed by atoms with Crippen molar-refractivity contribution in [2.24, 2.45) is 0 Å². The van der Waals surface area contributed by atoms with E-state index >= 15 is 0 Å². The van der Waals surface area contributed by atoms with E-state index in [-0.39, 0.29) is 6.04 Å². The highest BCUT2D eigenvalue weighted by Crippen LogP contribution is 2.34. The summed E-state index contributed by atoms with van der Waals surface area (Å²) < 4.78 is 5.32. The predicted molar refractivity (Wildman–Crippen MR) is 108 cm³/mol. The maximum Gasteiger partial charge on any atom is 0.143 e. The zero-order valence-electron chi connectivity index (χ0n) is 16.1. The number of fused-ring (bicyclic) bond motifs is 1. The first-order valence-electron chi connectivity index (χ1n) is 9.75. The van der Waals surface area contributed by atoms with Crippen molar-refractivity contribution in [2.45, 2.75) is 39.3 Å². The number of nitrogens with one attached hydrogen (secondary N) is 1. The Balaban J connectivity index is 1.45. The fourth-order valence-corrected chi connectivity index (χ4v) is 4.34. The molecule has 4 aromatic rings. The lowest BCUT2D eigenvalue weighted by Crippen LogP contribution is -2.23. The van der Waals surface area contributed by atoms with Gasteiger partial charge in [-0.15, -0.1) is 0 Å². The summed E-state index contributed by atoms with van der Waals surface area (Å²) in [5, 5.41) is 5.35. The van der Waals surface area contributed by atoms with Crippen LogP contribution in [0.5, 0.6) is 0 Å². The molecule has 6 nitrogen and oxygen atoms in total. The van der Waals surface area contributed by atoms with Crippen molar-refractivity contribution in [1.82, 2.24) is 25.0 Å². The smallest absolute Gasteiger partial charge is 0.143 e. The zero-order valence-corrected chi connectivity index (χ0v) is 16.1. The molecule has 3 aromatic heterocycles. The normalized spacial score (nSPS) is 17.6. The number of aryl methyl sites for hydroxylation is 2. The van der Waals surface area contributed by atoms with Gasteiger partial charge in [-0.2, -0.15) is 0 Å². The summed E-state index contributed by atoms with van der Waals surface area (Å²) >= 11 is 0. The molecular weight excluding hydrogens is 350 g/mol. The van der Waals surface area contributed by atoms with Crippen molar-refractivity contribution in [2.75, 3.05) is 6.54 Å². The van der Waals surface area contributed by atoms with Crippen LogP contribution in [0, 0.1) is 13.8 Å². The number of H-pyrrole nitrogens is 1. The third-order valence-corrected chi connectivity index (χ3v) is 5.70. The highest BCUT2D eigenvalue weighted by molar-refractivity contribution is 5.83. The number of likely N-dealkylation sites (tertiary alicyclic amines) is 1. The van der Waals surface area contributed by atoms with Crippen molar-refractivity contribution < 1.29 is 4.52 Å². The van der Waals surface area contributed by atoms with Crippen LogP contribution in [0.25, 0.3) is 22.2 Å². The molecule has 0 spiro atoms. The Labute approximate surface area is 163 Å². The number of hydrogen-bond donors (Lipinski definition) is 1. The molecule has 28 heavy (non-hydrogen) atoms. The van der Waals surface area contributed by atoms with Crippen molar-refractivity contribution >= 4 is 10.9 Å². The van der Waals surface area contributed by atoms with Crippen LogP contribution in [-0.2, 0) is 6.54 Å². The summed E-state index contributed by atoms with van der Waals surface area (Å²) in [6, 6.07) is 8.75. The van der Waals surface area contributed by atoms with Gasteiger partial charge in [0.2, 0.25) is 0 Å². The topological polar surface area (TPSA) is 70.8 Å². The lowest BCUT2D eigenvalue weighted by atomic mass is 10.1. The summed E-state index contributed by atoms with van der Waals surface area (Å²) in [6.07, 6.45) is 8.10. The van der Waals surface area contributed by atoms with E-state index in [0.717, 1.165) is 47.9 Å². The quantitative estimate of drug-likeness (QED) is 0.567. The molecule has 1 fully saturated rings. The van der Waals surface area contributed by atoms with Crippen molar-refractivity contribution in [1.29, 1.82) is 0 Å². The van der Waals surface area contributed by atoms with Gasteiger partial charge in [0.25, 0.3) is 0 Å². The molecule has 5 rings (SSSR count). The molecule has 0 bridgehead atoms. The second kappa shape index (κ2) is 6.87. The molecule has 0 saturated carbocycles. The second-order valence-electron chi connectivity index (χ2n) is 7.52. The number of para-hydroxylation sites is 1. The molecule has 1 aliphatic rings. The minimum absolute atomic E-state index is 0.279. The fraction of sp³-hybridized carbons (Fsp3) is 0.318. The summed E-state index contributed by atoms with van der Waals surface area (Å²) in [6.45, 7) is 5.84. The molecule has 1 saturated heterocycles. The number of hydrogen-bond acceptors (Lipinski definition) is 5. The Bertz CT molecular complexity index is 1110. The lowest BCUT2D eigenvalue weighted by molar-refractivity contribution is 0.245. The van der Waals surface area contributed by atoms with Crippen LogP contribution in [0.15, 0.2) is 47.4 Å². The van der Waals surface area contributed by atoms with Gasteiger partial charge in [-0.05, 0) is 44.9 Å². The Hall–Kier alpha value is -2.99. The Morgan fingerprint density at radius 2 is 2.11 bits per heavy atom. The summed E-state index contributed by atoms with van der Waals surface area (Å²) in [5.41, 5.74) is 6.19. The monoisotopic (exact) mass is 373 g/mol. The number of rotatable bonds is 4. The van der Waals surface area contributed by atoms with Gasteiger partial charge < -0.3 is 9.51 Å². The minimum atomic E-state index is 0.279. The van der Waals surface area contributed by atoms with Crippen LogP contribution in [0.2, 0.25) is 0 Å². The van der Waals surface area contributed by atoms with Gasteiger partial charge in [-0.1, -0.05) is 23.4 Å². The molecule has 142 valence electrons. The van der Waals surface area contributed by atoms with E-state index in [1.165, 1.54) is 22.9 Å². The standard InChI is InChI=1S/C22H23N5O/c1-14-22(15(2)28-26-14)20-12-23-11-19(25-20)21-8-5-9-27(21)13-16-10-24-18-7-4-3-6-17(16)18/h3-4,6-7,10-12,21,24H,5,8-9,13H2,1-2H3/t21-/m0/s1. The molecule has 0 unspecified atom stereocenters. The van der Waals surface area contributed by atoms with E-state index in [0.29, 0.717) is 0 Å². The van der Waals surface area contributed by atoms with Gasteiger partial charge in [0, 0.05) is 23.6 Å². The van der Waals surface area contributed by atoms with Crippen molar-refractivity contribution in [3.63, 3.8) is 0 Å². The molecule has 1 atom stereocenters. The van der Waals surface area contributed by atoms with Crippen molar-refractivity contribution in [3.8, 4) is 11.3 Å². The Morgan fingerprint density at radius 3 is 2.96 bits per heavy atom. The van der Waals surface area contributed by atoms with E-state index < -0.39 is 0 Å². The third kappa shape index (κ3) is 2.90. The first-order chi connectivity index (χ1) is 13.7.